The molecule has 0 saturated heterocycles. The third-order valence-electron chi connectivity index (χ3n) is 2.47. The highest BCUT2D eigenvalue weighted by molar-refractivity contribution is 5.66. The molecule has 0 aliphatic heterocycles. The van der Waals surface area contributed by atoms with Gasteiger partial charge >= 0.3 is 5.97 Å². The normalized spacial score (nSPS) is 9.94. The monoisotopic (exact) mass is 237 g/mol. The predicted octanol–water partition coefficient (Wildman–Crippen LogP) is 2.75. The van der Waals surface area contributed by atoms with Gasteiger partial charge in [-0.15, -0.1) is 0 Å². The van der Waals surface area contributed by atoms with Crippen LogP contribution in [0, 0.1) is 0 Å². The summed E-state index contributed by atoms with van der Waals surface area (Å²) in [6.07, 6.45) is 2.92. The first kappa shape index (κ1) is 13.4. The smallest absolute Gasteiger partial charge is 0.303 e. The summed E-state index contributed by atoms with van der Waals surface area (Å²) in [5.41, 5.74) is 1.03. The van der Waals surface area contributed by atoms with Crippen LogP contribution in [0.2, 0.25) is 0 Å². The molecule has 1 rings (SSSR count). The first-order valence-corrected chi connectivity index (χ1v) is 5.82. The summed E-state index contributed by atoms with van der Waals surface area (Å²) in [4.78, 5) is 10.3. The Bertz CT molecular complexity index is 352. The Morgan fingerprint density at radius 2 is 2.18 bits per heavy atom. The van der Waals surface area contributed by atoms with Gasteiger partial charge in [0.25, 0.3) is 0 Å². The molecule has 94 valence electrons. The topological polar surface area (TPSA) is 58.6 Å². The molecule has 0 atom stereocenters. The SMILES string of the molecule is COc1cccc(NCCCCCC(=O)O)c1. The van der Waals surface area contributed by atoms with Crippen molar-refractivity contribution in [3.05, 3.63) is 24.3 Å². The lowest BCUT2D eigenvalue weighted by molar-refractivity contribution is -0.137. The van der Waals surface area contributed by atoms with Gasteiger partial charge in [0.1, 0.15) is 5.75 Å². The molecule has 0 spiro atoms. The lowest BCUT2D eigenvalue weighted by Crippen LogP contribution is -2.02. The zero-order valence-electron chi connectivity index (χ0n) is 10.1. The quantitative estimate of drug-likeness (QED) is 0.682. The van der Waals surface area contributed by atoms with Gasteiger partial charge < -0.3 is 15.2 Å². The second-order valence-electron chi connectivity index (χ2n) is 3.86. The summed E-state index contributed by atoms with van der Waals surface area (Å²) in [5.74, 6) is 0.117. The Labute approximate surface area is 102 Å². The summed E-state index contributed by atoms with van der Waals surface area (Å²) in [6.45, 7) is 0.854. The summed E-state index contributed by atoms with van der Waals surface area (Å²) in [5, 5.41) is 11.8. The number of anilines is 1. The number of carbonyl (C=O) groups is 1. The molecule has 0 amide bonds. The van der Waals surface area contributed by atoms with Crippen LogP contribution in [0.5, 0.6) is 5.75 Å². The molecule has 1 aromatic rings. The van der Waals surface area contributed by atoms with Crippen LogP contribution in [0.25, 0.3) is 0 Å². The lowest BCUT2D eigenvalue weighted by Gasteiger charge is -2.07. The average molecular weight is 237 g/mol. The number of benzene rings is 1. The van der Waals surface area contributed by atoms with Crippen molar-refractivity contribution in [2.24, 2.45) is 0 Å². The minimum atomic E-state index is -0.717. The van der Waals surface area contributed by atoms with E-state index in [9.17, 15) is 4.79 Å². The Morgan fingerprint density at radius 1 is 1.35 bits per heavy atom. The van der Waals surface area contributed by atoms with Crippen molar-refractivity contribution < 1.29 is 14.6 Å². The number of hydrogen-bond acceptors (Lipinski definition) is 3. The molecule has 4 heteroatoms. The summed E-state index contributed by atoms with van der Waals surface area (Å²) < 4.78 is 5.12. The Kier molecular flexibility index (Phi) is 5.93. The number of hydrogen-bond donors (Lipinski definition) is 2. The Morgan fingerprint density at radius 3 is 2.88 bits per heavy atom. The second kappa shape index (κ2) is 7.54. The molecular formula is C13H19NO3. The number of carboxylic acid groups (broad SMARTS) is 1. The van der Waals surface area contributed by atoms with Crippen LogP contribution < -0.4 is 10.1 Å². The van der Waals surface area contributed by atoms with Crippen LogP contribution in [-0.4, -0.2) is 24.7 Å². The summed E-state index contributed by atoms with van der Waals surface area (Å²) in [6, 6.07) is 7.76. The molecule has 1 aromatic carbocycles. The van der Waals surface area contributed by atoms with E-state index < -0.39 is 5.97 Å². The van der Waals surface area contributed by atoms with Crippen molar-refractivity contribution in [1.29, 1.82) is 0 Å². The Hall–Kier alpha value is -1.71. The summed E-state index contributed by atoms with van der Waals surface area (Å²) >= 11 is 0. The third kappa shape index (κ3) is 5.80. The van der Waals surface area contributed by atoms with Crippen LogP contribution in [0.3, 0.4) is 0 Å². The van der Waals surface area contributed by atoms with Gasteiger partial charge in [-0.3, -0.25) is 4.79 Å². The van der Waals surface area contributed by atoms with E-state index >= 15 is 0 Å². The van der Waals surface area contributed by atoms with Gasteiger partial charge in [0.05, 0.1) is 7.11 Å². The highest BCUT2D eigenvalue weighted by atomic mass is 16.5. The van der Waals surface area contributed by atoms with Gasteiger partial charge in [-0.05, 0) is 25.0 Å². The van der Waals surface area contributed by atoms with Gasteiger partial charge in [-0.1, -0.05) is 12.5 Å². The predicted molar refractivity (Wildman–Crippen MR) is 67.6 cm³/mol. The van der Waals surface area contributed by atoms with Gasteiger partial charge in [0.15, 0.2) is 0 Å². The van der Waals surface area contributed by atoms with Crippen molar-refractivity contribution in [3.8, 4) is 5.75 Å². The van der Waals surface area contributed by atoms with Gasteiger partial charge in [-0.25, -0.2) is 0 Å². The first-order chi connectivity index (χ1) is 8.22. The lowest BCUT2D eigenvalue weighted by atomic mass is 10.2. The molecule has 0 aromatic heterocycles. The molecule has 0 fully saturated rings. The van der Waals surface area contributed by atoms with Crippen LogP contribution in [-0.2, 0) is 4.79 Å². The van der Waals surface area contributed by atoms with Crippen LogP contribution in [0.15, 0.2) is 24.3 Å². The van der Waals surface area contributed by atoms with Crippen molar-refractivity contribution in [2.75, 3.05) is 19.0 Å². The van der Waals surface area contributed by atoms with E-state index in [4.69, 9.17) is 9.84 Å². The first-order valence-electron chi connectivity index (χ1n) is 5.82. The fourth-order valence-corrected chi connectivity index (χ4v) is 1.54. The molecular weight excluding hydrogens is 218 g/mol. The van der Waals surface area contributed by atoms with E-state index in [-0.39, 0.29) is 6.42 Å². The molecule has 2 N–H and O–H groups in total. The van der Waals surface area contributed by atoms with E-state index in [1.807, 2.05) is 24.3 Å². The van der Waals surface area contributed by atoms with Gasteiger partial charge in [0, 0.05) is 24.7 Å². The number of methoxy groups -OCH3 is 1. The highest BCUT2D eigenvalue weighted by Crippen LogP contribution is 2.16. The molecule has 0 bridgehead atoms. The van der Waals surface area contributed by atoms with Crippen molar-refractivity contribution in [3.63, 3.8) is 0 Å². The summed E-state index contributed by atoms with van der Waals surface area (Å²) in [7, 11) is 1.64. The van der Waals surface area contributed by atoms with Crippen LogP contribution in [0.1, 0.15) is 25.7 Å². The van der Waals surface area contributed by atoms with Crippen molar-refractivity contribution >= 4 is 11.7 Å². The van der Waals surface area contributed by atoms with E-state index in [1.54, 1.807) is 7.11 Å². The largest absolute Gasteiger partial charge is 0.497 e. The standard InChI is InChI=1S/C13H19NO3/c1-17-12-7-5-6-11(10-12)14-9-4-2-3-8-13(15)16/h5-7,10,14H,2-4,8-9H2,1H3,(H,15,16). The van der Waals surface area contributed by atoms with Crippen molar-refractivity contribution in [2.45, 2.75) is 25.7 Å². The minimum Gasteiger partial charge on any atom is -0.497 e. The number of nitrogens with one attached hydrogen (secondary N) is 1. The van der Waals surface area contributed by atoms with E-state index in [0.29, 0.717) is 0 Å². The number of unbranched alkanes of at least 4 members (excludes halogenated alkanes) is 2. The minimum absolute atomic E-state index is 0.263. The molecule has 4 nitrogen and oxygen atoms in total. The maximum absolute atomic E-state index is 10.3. The number of aliphatic carboxylic acids is 1. The molecule has 0 radical (unpaired) electrons. The fourth-order valence-electron chi connectivity index (χ4n) is 1.54. The van der Waals surface area contributed by atoms with Crippen LogP contribution >= 0.6 is 0 Å². The number of carboxylic acids is 1. The highest BCUT2D eigenvalue weighted by Gasteiger charge is 1.97. The molecule has 0 aliphatic rings. The second-order valence-corrected chi connectivity index (χ2v) is 3.86. The third-order valence-corrected chi connectivity index (χ3v) is 2.47. The zero-order chi connectivity index (χ0) is 12.5. The average Bonchev–Trinajstić information content (AvgIpc) is 2.33. The molecule has 0 saturated carbocycles. The van der Waals surface area contributed by atoms with E-state index in [1.165, 1.54) is 0 Å². The molecule has 0 heterocycles. The maximum Gasteiger partial charge on any atom is 0.303 e. The van der Waals surface area contributed by atoms with Gasteiger partial charge in [0.2, 0.25) is 0 Å². The number of rotatable bonds is 8. The van der Waals surface area contributed by atoms with Gasteiger partial charge in [-0.2, -0.15) is 0 Å². The molecule has 0 aliphatic carbocycles. The van der Waals surface area contributed by atoms with E-state index in [2.05, 4.69) is 5.32 Å². The number of ether oxygens (including phenoxy) is 1. The van der Waals surface area contributed by atoms with Crippen LogP contribution in [0.4, 0.5) is 5.69 Å². The zero-order valence-corrected chi connectivity index (χ0v) is 10.1. The Balaban J connectivity index is 2.15. The maximum atomic E-state index is 10.3. The molecule has 0 unspecified atom stereocenters. The van der Waals surface area contributed by atoms with E-state index in [0.717, 1.165) is 37.2 Å². The van der Waals surface area contributed by atoms with Crippen molar-refractivity contribution in [1.82, 2.24) is 0 Å². The molecule has 17 heavy (non-hydrogen) atoms. The fraction of sp³-hybridized carbons (Fsp3) is 0.462.